The third-order valence-corrected chi connectivity index (χ3v) is 4.27. The van der Waals surface area contributed by atoms with Gasteiger partial charge in [-0.15, -0.1) is 0 Å². The Hall–Kier alpha value is -2.63. The van der Waals surface area contributed by atoms with Crippen molar-refractivity contribution in [3.63, 3.8) is 0 Å². The zero-order chi connectivity index (χ0) is 18.4. The number of carboxylic acids is 1. The SMILES string of the molecule is CCCCC1C(C(=O)O)=C(C)NC(C)=C1C(=O)OCc1cccnc1. The van der Waals surface area contributed by atoms with Crippen molar-refractivity contribution in [3.8, 4) is 0 Å². The smallest absolute Gasteiger partial charge is 0.336 e. The van der Waals surface area contributed by atoms with Gasteiger partial charge in [-0.25, -0.2) is 9.59 Å². The first-order valence-corrected chi connectivity index (χ1v) is 8.43. The molecular formula is C19H24N2O4. The molecule has 25 heavy (non-hydrogen) atoms. The Kier molecular flexibility index (Phi) is 6.33. The molecule has 0 bridgehead atoms. The molecule has 0 saturated heterocycles. The lowest BCUT2D eigenvalue weighted by Gasteiger charge is -2.29. The summed E-state index contributed by atoms with van der Waals surface area (Å²) in [6.45, 7) is 5.65. The van der Waals surface area contributed by atoms with Gasteiger partial charge in [0.05, 0.1) is 11.1 Å². The Morgan fingerprint density at radius 1 is 1.28 bits per heavy atom. The average molecular weight is 344 g/mol. The number of aliphatic carboxylic acids is 1. The van der Waals surface area contributed by atoms with Crippen molar-refractivity contribution in [3.05, 3.63) is 52.6 Å². The molecule has 0 radical (unpaired) electrons. The van der Waals surface area contributed by atoms with Crippen molar-refractivity contribution >= 4 is 11.9 Å². The molecule has 0 aliphatic carbocycles. The lowest BCUT2D eigenvalue weighted by atomic mass is 9.82. The molecule has 2 N–H and O–H groups in total. The summed E-state index contributed by atoms with van der Waals surface area (Å²) in [6, 6.07) is 3.59. The van der Waals surface area contributed by atoms with Gasteiger partial charge in [0.2, 0.25) is 0 Å². The van der Waals surface area contributed by atoms with Crippen LogP contribution in [0.25, 0.3) is 0 Å². The molecule has 6 nitrogen and oxygen atoms in total. The minimum absolute atomic E-state index is 0.106. The molecule has 0 aromatic carbocycles. The van der Waals surface area contributed by atoms with Gasteiger partial charge in [-0.2, -0.15) is 0 Å². The number of pyridine rings is 1. The van der Waals surface area contributed by atoms with Crippen LogP contribution in [0.2, 0.25) is 0 Å². The van der Waals surface area contributed by atoms with Gasteiger partial charge in [0.1, 0.15) is 6.61 Å². The fourth-order valence-corrected chi connectivity index (χ4v) is 3.09. The number of nitrogens with zero attached hydrogens (tertiary/aromatic N) is 1. The predicted molar refractivity (Wildman–Crippen MR) is 93.2 cm³/mol. The summed E-state index contributed by atoms with van der Waals surface area (Å²) in [5, 5.41) is 12.6. The Morgan fingerprint density at radius 2 is 2.00 bits per heavy atom. The first-order valence-electron chi connectivity index (χ1n) is 8.43. The van der Waals surface area contributed by atoms with Crippen molar-refractivity contribution in [2.45, 2.75) is 46.6 Å². The largest absolute Gasteiger partial charge is 0.478 e. The number of hydrogen-bond donors (Lipinski definition) is 2. The van der Waals surface area contributed by atoms with Crippen LogP contribution < -0.4 is 5.32 Å². The van der Waals surface area contributed by atoms with E-state index in [9.17, 15) is 14.7 Å². The molecule has 0 amide bonds. The number of carboxylic acid groups (broad SMARTS) is 1. The number of unbranched alkanes of at least 4 members (excludes halogenated alkanes) is 1. The summed E-state index contributed by atoms with van der Waals surface area (Å²) in [5.41, 5.74) is 2.66. The molecule has 1 aliphatic heterocycles. The van der Waals surface area contributed by atoms with E-state index in [0.717, 1.165) is 18.4 Å². The second-order valence-electron chi connectivity index (χ2n) is 6.14. The molecule has 1 aromatic heterocycles. The lowest BCUT2D eigenvalue weighted by molar-refractivity contribution is -0.141. The number of hydrogen-bond acceptors (Lipinski definition) is 5. The maximum Gasteiger partial charge on any atom is 0.336 e. The van der Waals surface area contributed by atoms with E-state index in [2.05, 4.69) is 10.3 Å². The molecule has 0 saturated carbocycles. The molecule has 6 heteroatoms. The molecule has 1 aromatic rings. The fourth-order valence-electron chi connectivity index (χ4n) is 3.09. The number of rotatable bonds is 7. The van der Waals surface area contributed by atoms with Crippen molar-refractivity contribution in [1.29, 1.82) is 0 Å². The van der Waals surface area contributed by atoms with Gasteiger partial charge in [0, 0.05) is 35.3 Å². The quantitative estimate of drug-likeness (QED) is 0.739. The monoisotopic (exact) mass is 344 g/mol. The highest BCUT2D eigenvalue weighted by Crippen LogP contribution is 2.34. The van der Waals surface area contributed by atoms with E-state index < -0.39 is 17.9 Å². The maximum absolute atomic E-state index is 12.7. The highest BCUT2D eigenvalue weighted by molar-refractivity contribution is 5.97. The normalized spacial score (nSPS) is 17.3. The molecule has 0 fully saturated rings. The summed E-state index contributed by atoms with van der Waals surface area (Å²) < 4.78 is 5.42. The van der Waals surface area contributed by atoms with Gasteiger partial charge in [-0.3, -0.25) is 4.98 Å². The Morgan fingerprint density at radius 3 is 2.60 bits per heavy atom. The van der Waals surface area contributed by atoms with E-state index in [1.807, 2.05) is 13.0 Å². The van der Waals surface area contributed by atoms with Gasteiger partial charge in [-0.05, 0) is 26.3 Å². The van der Waals surface area contributed by atoms with Crippen molar-refractivity contribution in [2.75, 3.05) is 0 Å². The molecule has 2 heterocycles. The summed E-state index contributed by atoms with van der Waals surface area (Å²) in [4.78, 5) is 28.4. The number of carbonyl (C=O) groups excluding carboxylic acids is 1. The summed E-state index contributed by atoms with van der Waals surface area (Å²) in [5.74, 6) is -1.95. The zero-order valence-corrected chi connectivity index (χ0v) is 14.8. The van der Waals surface area contributed by atoms with Gasteiger partial charge in [-0.1, -0.05) is 25.8 Å². The van der Waals surface area contributed by atoms with E-state index in [0.29, 0.717) is 23.4 Å². The Labute approximate surface area is 147 Å². The molecule has 1 unspecified atom stereocenters. The van der Waals surface area contributed by atoms with Crippen LogP contribution in [0.4, 0.5) is 0 Å². The van der Waals surface area contributed by atoms with Gasteiger partial charge >= 0.3 is 11.9 Å². The summed E-state index contributed by atoms with van der Waals surface area (Å²) >= 11 is 0. The summed E-state index contributed by atoms with van der Waals surface area (Å²) in [6.07, 6.45) is 5.64. The first-order chi connectivity index (χ1) is 12.0. The van der Waals surface area contributed by atoms with E-state index in [1.54, 1.807) is 32.3 Å². The second-order valence-corrected chi connectivity index (χ2v) is 6.14. The lowest BCUT2D eigenvalue weighted by Crippen LogP contribution is -2.33. The zero-order valence-electron chi connectivity index (χ0n) is 14.8. The van der Waals surface area contributed by atoms with Crippen molar-refractivity contribution in [2.24, 2.45) is 5.92 Å². The van der Waals surface area contributed by atoms with Crippen LogP contribution >= 0.6 is 0 Å². The van der Waals surface area contributed by atoms with Gasteiger partial charge in [0.15, 0.2) is 0 Å². The van der Waals surface area contributed by atoms with Gasteiger partial charge < -0.3 is 15.2 Å². The maximum atomic E-state index is 12.7. The number of allylic oxidation sites excluding steroid dienone is 2. The number of ether oxygens (including phenoxy) is 1. The fraction of sp³-hybridized carbons (Fsp3) is 0.421. The van der Waals surface area contributed by atoms with Crippen LogP contribution in [-0.4, -0.2) is 22.0 Å². The number of dihydropyridines is 1. The van der Waals surface area contributed by atoms with Crippen LogP contribution in [-0.2, 0) is 20.9 Å². The standard InChI is InChI=1S/C19H24N2O4/c1-4-5-8-15-16(18(22)23)12(2)21-13(3)17(15)19(24)25-11-14-7-6-9-20-10-14/h6-7,9-10,15,21H,4-5,8,11H2,1-3H3,(H,22,23). The van der Waals surface area contributed by atoms with Crippen molar-refractivity contribution in [1.82, 2.24) is 10.3 Å². The van der Waals surface area contributed by atoms with Gasteiger partial charge in [0.25, 0.3) is 0 Å². The number of carbonyl (C=O) groups is 2. The molecular weight excluding hydrogens is 320 g/mol. The second kappa shape index (κ2) is 8.46. The summed E-state index contributed by atoms with van der Waals surface area (Å²) in [7, 11) is 0. The van der Waals surface area contributed by atoms with Crippen LogP contribution in [0.15, 0.2) is 47.1 Å². The van der Waals surface area contributed by atoms with Crippen LogP contribution in [0, 0.1) is 5.92 Å². The van der Waals surface area contributed by atoms with E-state index in [1.165, 1.54) is 0 Å². The number of esters is 1. The highest BCUT2D eigenvalue weighted by Gasteiger charge is 2.35. The molecule has 134 valence electrons. The minimum Gasteiger partial charge on any atom is -0.478 e. The van der Waals surface area contributed by atoms with Crippen LogP contribution in [0.1, 0.15) is 45.6 Å². The number of aromatic nitrogens is 1. The molecule has 1 atom stereocenters. The van der Waals surface area contributed by atoms with Crippen molar-refractivity contribution < 1.29 is 19.4 Å². The molecule has 0 spiro atoms. The van der Waals surface area contributed by atoms with E-state index in [4.69, 9.17) is 4.74 Å². The number of nitrogens with one attached hydrogen (secondary N) is 1. The predicted octanol–water partition coefficient (Wildman–Crippen LogP) is 3.17. The third-order valence-electron chi connectivity index (χ3n) is 4.27. The topological polar surface area (TPSA) is 88.5 Å². The van der Waals surface area contributed by atoms with Crippen LogP contribution in [0.5, 0.6) is 0 Å². The third kappa shape index (κ3) is 4.47. The van der Waals surface area contributed by atoms with E-state index >= 15 is 0 Å². The highest BCUT2D eigenvalue weighted by atomic mass is 16.5. The minimum atomic E-state index is -1.00. The molecule has 2 rings (SSSR count). The van der Waals surface area contributed by atoms with Crippen LogP contribution in [0.3, 0.4) is 0 Å². The Bertz CT molecular complexity index is 707. The molecule has 1 aliphatic rings. The average Bonchev–Trinajstić information content (AvgIpc) is 2.58. The first kappa shape index (κ1) is 18.7. The van der Waals surface area contributed by atoms with E-state index in [-0.39, 0.29) is 12.2 Å². The Balaban J connectivity index is 2.23.